The molecule has 1 fully saturated rings. The first-order chi connectivity index (χ1) is 13.8. The van der Waals surface area contributed by atoms with Crippen LogP contribution in [0.1, 0.15) is 69.1 Å². The predicted molar refractivity (Wildman–Crippen MR) is 115 cm³/mol. The van der Waals surface area contributed by atoms with Crippen molar-refractivity contribution in [1.82, 2.24) is 0 Å². The van der Waals surface area contributed by atoms with E-state index < -0.39 is 5.41 Å². The molecule has 1 aliphatic rings. The highest BCUT2D eigenvalue weighted by atomic mass is 16.2. The molecule has 2 N–H and O–H groups in total. The summed E-state index contributed by atoms with van der Waals surface area (Å²) in [6.07, 6.45) is 1.06. The number of benzene rings is 2. The van der Waals surface area contributed by atoms with Crippen LogP contribution >= 0.6 is 0 Å². The van der Waals surface area contributed by atoms with E-state index in [0.717, 1.165) is 16.8 Å². The van der Waals surface area contributed by atoms with Gasteiger partial charge in [-0.05, 0) is 60.1 Å². The molecule has 5 nitrogen and oxygen atoms in total. The Bertz CT molecular complexity index is 938. The first kappa shape index (κ1) is 20.6. The summed E-state index contributed by atoms with van der Waals surface area (Å²) in [5.74, 6) is -0.0373. The van der Waals surface area contributed by atoms with Gasteiger partial charge >= 0.3 is 0 Å². The Morgan fingerprint density at radius 2 is 1.41 bits per heavy atom. The Morgan fingerprint density at radius 3 is 1.86 bits per heavy atom. The number of hydrogen-bond acceptors (Lipinski definition) is 3. The van der Waals surface area contributed by atoms with Gasteiger partial charge in [-0.1, -0.05) is 45.9 Å². The third kappa shape index (κ3) is 4.17. The van der Waals surface area contributed by atoms with Crippen LogP contribution in [-0.4, -0.2) is 11.8 Å². The summed E-state index contributed by atoms with van der Waals surface area (Å²) < 4.78 is 0. The van der Waals surface area contributed by atoms with E-state index in [1.807, 2.05) is 24.3 Å². The van der Waals surface area contributed by atoms with Gasteiger partial charge in [0.25, 0.3) is 0 Å². The number of rotatable bonds is 6. The van der Waals surface area contributed by atoms with Gasteiger partial charge in [-0.15, -0.1) is 0 Å². The van der Waals surface area contributed by atoms with Gasteiger partial charge in [0.1, 0.15) is 5.41 Å². The van der Waals surface area contributed by atoms with E-state index in [1.165, 1.54) is 0 Å². The van der Waals surface area contributed by atoms with Crippen LogP contribution in [0.2, 0.25) is 0 Å². The third-order valence-electron chi connectivity index (χ3n) is 5.50. The lowest BCUT2D eigenvalue weighted by atomic mass is 9.92. The molecule has 2 aromatic carbocycles. The Kier molecular flexibility index (Phi) is 5.74. The van der Waals surface area contributed by atoms with Crippen molar-refractivity contribution in [2.45, 2.75) is 52.4 Å². The standard InChI is InChI=1S/C24H27N3O2/c1-15(2)19-6-5-7-20(16(3)4)21(19)27-23(29)24(12-13-24)22(28)26-18-10-8-17(14-25)9-11-18/h5-11,15-16H,12-13H2,1-4H3,(H,26,28)(H,27,29). The van der Waals surface area contributed by atoms with Gasteiger partial charge < -0.3 is 10.6 Å². The van der Waals surface area contributed by atoms with Gasteiger partial charge in [-0.2, -0.15) is 5.26 Å². The number of para-hydroxylation sites is 1. The molecule has 2 amide bonds. The zero-order chi connectivity index (χ0) is 21.2. The van der Waals surface area contributed by atoms with E-state index in [1.54, 1.807) is 24.3 Å². The van der Waals surface area contributed by atoms with Crippen molar-refractivity contribution in [2.75, 3.05) is 10.6 Å². The maximum atomic E-state index is 13.2. The van der Waals surface area contributed by atoms with Crippen molar-refractivity contribution >= 4 is 23.2 Å². The van der Waals surface area contributed by atoms with Crippen LogP contribution < -0.4 is 10.6 Å². The topological polar surface area (TPSA) is 82.0 Å². The molecule has 0 radical (unpaired) electrons. The van der Waals surface area contributed by atoms with E-state index in [0.29, 0.717) is 24.1 Å². The second-order valence-corrected chi connectivity index (χ2v) is 8.30. The van der Waals surface area contributed by atoms with E-state index in [4.69, 9.17) is 5.26 Å². The highest BCUT2D eigenvalue weighted by molar-refractivity contribution is 6.17. The van der Waals surface area contributed by atoms with Crippen molar-refractivity contribution in [3.05, 3.63) is 59.2 Å². The summed E-state index contributed by atoms with van der Waals surface area (Å²) in [6, 6.07) is 14.8. The summed E-state index contributed by atoms with van der Waals surface area (Å²) in [4.78, 5) is 26.0. The van der Waals surface area contributed by atoms with Crippen LogP contribution in [0.5, 0.6) is 0 Å². The van der Waals surface area contributed by atoms with Crippen LogP contribution in [-0.2, 0) is 9.59 Å². The highest BCUT2D eigenvalue weighted by Gasteiger charge is 2.56. The molecule has 0 heterocycles. The number of amides is 2. The van der Waals surface area contributed by atoms with Crippen molar-refractivity contribution in [1.29, 1.82) is 5.26 Å². The minimum absolute atomic E-state index is 0.251. The molecular weight excluding hydrogens is 362 g/mol. The van der Waals surface area contributed by atoms with Crippen LogP contribution in [0.4, 0.5) is 11.4 Å². The summed E-state index contributed by atoms with van der Waals surface area (Å²) in [5, 5.41) is 14.8. The largest absolute Gasteiger partial charge is 0.325 e. The fourth-order valence-electron chi connectivity index (χ4n) is 3.49. The fourth-order valence-corrected chi connectivity index (χ4v) is 3.49. The molecule has 0 atom stereocenters. The minimum Gasteiger partial charge on any atom is -0.325 e. The quantitative estimate of drug-likeness (QED) is 0.669. The first-order valence-electron chi connectivity index (χ1n) is 10.0. The van der Waals surface area contributed by atoms with Crippen LogP contribution in [0.15, 0.2) is 42.5 Å². The summed E-state index contributed by atoms with van der Waals surface area (Å²) in [7, 11) is 0. The minimum atomic E-state index is -1.04. The van der Waals surface area contributed by atoms with E-state index in [2.05, 4.69) is 38.3 Å². The lowest BCUT2D eigenvalue weighted by Gasteiger charge is -2.22. The van der Waals surface area contributed by atoms with Crippen molar-refractivity contribution < 1.29 is 9.59 Å². The molecule has 2 aromatic rings. The zero-order valence-corrected chi connectivity index (χ0v) is 17.4. The van der Waals surface area contributed by atoms with Crippen molar-refractivity contribution in [2.24, 2.45) is 5.41 Å². The number of nitrogens with zero attached hydrogens (tertiary/aromatic N) is 1. The van der Waals surface area contributed by atoms with Crippen LogP contribution in [0.25, 0.3) is 0 Å². The maximum absolute atomic E-state index is 13.2. The highest BCUT2D eigenvalue weighted by Crippen LogP contribution is 2.48. The monoisotopic (exact) mass is 389 g/mol. The molecule has 150 valence electrons. The van der Waals surface area contributed by atoms with Gasteiger partial charge in [0.2, 0.25) is 11.8 Å². The average Bonchev–Trinajstić information content (AvgIpc) is 3.50. The van der Waals surface area contributed by atoms with Gasteiger partial charge in [-0.3, -0.25) is 9.59 Å². The van der Waals surface area contributed by atoms with Crippen molar-refractivity contribution in [3.63, 3.8) is 0 Å². The molecule has 29 heavy (non-hydrogen) atoms. The Morgan fingerprint density at radius 1 is 0.897 bits per heavy atom. The Hall–Kier alpha value is -3.13. The molecular formula is C24H27N3O2. The number of nitrogens with one attached hydrogen (secondary N) is 2. The molecule has 1 saturated carbocycles. The lowest BCUT2D eigenvalue weighted by Crippen LogP contribution is -2.36. The third-order valence-corrected chi connectivity index (χ3v) is 5.50. The summed E-state index contributed by atoms with van der Waals surface area (Å²) in [6.45, 7) is 8.39. The lowest BCUT2D eigenvalue weighted by molar-refractivity contribution is -0.131. The second-order valence-electron chi connectivity index (χ2n) is 8.30. The second kappa shape index (κ2) is 8.08. The van der Waals surface area contributed by atoms with E-state index >= 15 is 0 Å². The average molecular weight is 389 g/mol. The molecule has 0 bridgehead atoms. The smallest absolute Gasteiger partial charge is 0.240 e. The normalized spacial score (nSPS) is 14.4. The van der Waals surface area contributed by atoms with Gasteiger partial charge in [0.05, 0.1) is 11.6 Å². The number of carbonyl (C=O) groups is 2. The molecule has 1 aliphatic carbocycles. The van der Waals surface area contributed by atoms with Gasteiger partial charge in [0, 0.05) is 11.4 Å². The molecule has 0 aliphatic heterocycles. The van der Waals surface area contributed by atoms with E-state index in [9.17, 15) is 9.59 Å². The van der Waals surface area contributed by atoms with Crippen LogP contribution in [0, 0.1) is 16.7 Å². The summed E-state index contributed by atoms with van der Waals surface area (Å²) >= 11 is 0. The Labute approximate surface area is 172 Å². The number of hydrogen-bond donors (Lipinski definition) is 2. The van der Waals surface area contributed by atoms with E-state index in [-0.39, 0.29) is 23.7 Å². The van der Waals surface area contributed by atoms with Crippen LogP contribution in [0.3, 0.4) is 0 Å². The van der Waals surface area contributed by atoms with Gasteiger partial charge in [-0.25, -0.2) is 0 Å². The molecule has 0 aromatic heterocycles. The first-order valence-corrected chi connectivity index (χ1v) is 10.0. The Balaban J connectivity index is 1.82. The maximum Gasteiger partial charge on any atom is 0.240 e. The SMILES string of the molecule is CC(C)c1cccc(C(C)C)c1NC(=O)C1(C(=O)Nc2ccc(C#N)cc2)CC1. The molecule has 3 rings (SSSR count). The van der Waals surface area contributed by atoms with Gasteiger partial charge in [0.15, 0.2) is 0 Å². The number of carbonyl (C=O) groups excluding carboxylic acids is 2. The summed E-state index contributed by atoms with van der Waals surface area (Å²) in [5.41, 5.74) is 3.05. The number of nitriles is 1. The molecule has 5 heteroatoms. The van der Waals surface area contributed by atoms with Crippen molar-refractivity contribution in [3.8, 4) is 6.07 Å². The fraction of sp³-hybridized carbons (Fsp3) is 0.375. The zero-order valence-electron chi connectivity index (χ0n) is 17.4. The number of anilines is 2. The molecule has 0 saturated heterocycles. The molecule has 0 spiro atoms. The predicted octanol–water partition coefficient (Wildman–Crippen LogP) is 5.16. The molecule has 0 unspecified atom stereocenters.